The molecule has 1 aliphatic heterocycles. The molecule has 1 fully saturated rings. The summed E-state index contributed by atoms with van der Waals surface area (Å²) in [6.07, 6.45) is 2.63. The van der Waals surface area contributed by atoms with Gasteiger partial charge in [0.15, 0.2) is 5.96 Å². The topological polar surface area (TPSA) is 39.7 Å². The van der Waals surface area contributed by atoms with Gasteiger partial charge in [-0.05, 0) is 53.5 Å². The summed E-state index contributed by atoms with van der Waals surface area (Å²) in [6, 6.07) is 0. The predicted molar refractivity (Wildman–Crippen MR) is 87.2 cm³/mol. The molecule has 1 heterocycles. The second kappa shape index (κ2) is 6.84. The summed E-state index contributed by atoms with van der Waals surface area (Å²) in [6.45, 7) is 8.65. The molecule has 0 radical (unpaired) electrons. The minimum absolute atomic E-state index is 0.115. The second-order valence-electron chi connectivity index (χ2n) is 6.39. The predicted octanol–water partition coefficient (Wildman–Crippen LogP) is 1.78. The molecular formula is C14H30N4S. The van der Waals surface area contributed by atoms with E-state index in [-0.39, 0.29) is 5.54 Å². The van der Waals surface area contributed by atoms with E-state index in [0.29, 0.717) is 4.75 Å². The highest BCUT2D eigenvalue weighted by Gasteiger charge is 2.29. The molecule has 1 rings (SSSR count). The Morgan fingerprint density at radius 3 is 2.53 bits per heavy atom. The molecule has 0 aromatic rings. The molecule has 19 heavy (non-hydrogen) atoms. The molecular weight excluding hydrogens is 256 g/mol. The first-order valence-electron chi connectivity index (χ1n) is 7.05. The Kier molecular flexibility index (Phi) is 5.99. The summed E-state index contributed by atoms with van der Waals surface area (Å²) in [5.41, 5.74) is 0.115. The highest BCUT2D eigenvalue weighted by molar-refractivity contribution is 8.00. The van der Waals surface area contributed by atoms with Crippen LogP contribution in [0, 0.1) is 0 Å². The highest BCUT2D eigenvalue weighted by atomic mass is 32.2. The zero-order valence-electron chi connectivity index (χ0n) is 13.3. The summed E-state index contributed by atoms with van der Waals surface area (Å²) in [7, 11) is 6.05. The van der Waals surface area contributed by atoms with E-state index in [1.165, 1.54) is 18.6 Å². The Labute approximate surface area is 122 Å². The Morgan fingerprint density at radius 1 is 1.37 bits per heavy atom. The number of nitrogens with one attached hydrogen (secondary N) is 2. The number of likely N-dealkylation sites (N-methyl/N-ethyl adjacent to an activating group) is 1. The van der Waals surface area contributed by atoms with Gasteiger partial charge in [0.1, 0.15) is 0 Å². The van der Waals surface area contributed by atoms with Crippen LogP contribution in [0.4, 0.5) is 0 Å². The number of hydrogen-bond donors (Lipinski definition) is 2. The highest BCUT2D eigenvalue weighted by Crippen LogP contribution is 2.36. The van der Waals surface area contributed by atoms with Gasteiger partial charge in [-0.2, -0.15) is 11.8 Å². The van der Waals surface area contributed by atoms with E-state index in [1.807, 2.05) is 7.05 Å². The molecule has 5 heteroatoms. The maximum Gasteiger partial charge on any atom is 0.191 e. The van der Waals surface area contributed by atoms with Crippen LogP contribution in [0.1, 0.15) is 33.6 Å². The summed E-state index contributed by atoms with van der Waals surface area (Å²) in [5, 5.41) is 6.88. The van der Waals surface area contributed by atoms with E-state index < -0.39 is 0 Å². The lowest BCUT2D eigenvalue weighted by Crippen LogP contribution is -2.52. The number of guanidine groups is 1. The summed E-state index contributed by atoms with van der Waals surface area (Å²) >= 11 is 2.07. The van der Waals surface area contributed by atoms with Gasteiger partial charge in [0.05, 0.1) is 0 Å². The van der Waals surface area contributed by atoms with E-state index in [9.17, 15) is 0 Å². The Bertz CT molecular complexity index is 296. The van der Waals surface area contributed by atoms with Crippen LogP contribution in [-0.2, 0) is 0 Å². The first-order chi connectivity index (χ1) is 8.79. The van der Waals surface area contributed by atoms with Crippen LogP contribution in [0.25, 0.3) is 0 Å². The first kappa shape index (κ1) is 16.6. The molecule has 2 N–H and O–H groups in total. The van der Waals surface area contributed by atoms with Gasteiger partial charge >= 0.3 is 0 Å². The van der Waals surface area contributed by atoms with Crippen LogP contribution in [0.3, 0.4) is 0 Å². The van der Waals surface area contributed by atoms with E-state index in [1.54, 1.807) is 0 Å². The SMILES string of the molecule is CN=C(NCC1(C)CCCS1)NCC(C)(C)N(C)C. The van der Waals surface area contributed by atoms with Crippen LogP contribution < -0.4 is 10.6 Å². The third-order valence-corrected chi connectivity index (χ3v) is 5.59. The standard InChI is InChI=1S/C14H30N4S/c1-13(2,18(5)6)10-16-12(15-4)17-11-14(3)8-7-9-19-14/h7-11H2,1-6H3,(H2,15,16,17). The monoisotopic (exact) mass is 286 g/mol. The molecule has 1 unspecified atom stereocenters. The van der Waals surface area contributed by atoms with Crippen molar-refractivity contribution >= 4 is 17.7 Å². The fraction of sp³-hybridized carbons (Fsp3) is 0.929. The van der Waals surface area contributed by atoms with Crippen molar-refractivity contribution in [3.8, 4) is 0 Å². The molecule has 0 aromatic carbocycles. The minimum Gasteiger partial charge on any atom is -0.355 e. The average molecular weight is 286 g/mol. The fourth-order valence-electron chi connectivity index (χ4n) is 1.93. The maximum atomic E-state index is 4.31. The number of rotatable bonds is 5. The summed E-state index contributed by atoms with van der Waals surface area (Å²) < 4.78 is 0.370. The molecule has 0 amide bonds. The molecule has 0 spiro atoms. The van der Waals surface area contributed by atoms with Gasteiger partial charge in [-0.3, -0.25) is 4.99 Å². The Morgan fingerprint density at radius 2 is 2.05 bits per heavy atom. The largest absolute Gasteiger partial charge is 0.355 e. The van der Waals surface area contributed by atoms with E-state index in [4.69, 9.17) is 0 Å². The Hall–Kier alpha value is -0.420. The zero-order valence-corrected chi connectivity index (χ0v) is 14.2. The average Bonchev–Trinajstić information content (AvgIpc) is 2.76. The summed E-state index contributed by atoms with van der Waals surface area (Å²) in [5.74, 6) is 2.20. The second-order valence-corrected chi connectivity index (χ2v) is 8.07. The lowest BCUT2D eigenvalue weighted by molar-refractivity contribution is 0.197. The Balaban J connectivity index is 2.38. The molecule has 0 aromatic heterocycles. The molecule has 1 atom stereocenters. The molecule has 0 bridgehead atoms. The molecule has 0 aliphatic carbocycles. The third kappa shape index (κ3) is 5.22. The molecule has 0 saturated carbocycles. The van der Waals surface area contributed by atoms with Crippen molar-refractivity contribution in [2.45, 2.75) is 43.9 Å². The van der Waals surface area contributed by atoms with E-state index in [2.05, 4.69) is 67.2 Å². The number of nitrogens with zero attached hydrogens (tertiary/aromatic N) is 2. The van der Waals surface area contributed by atoms with Gasteiger partial charge in [0.25, 0.3) is 0 Å². The van der Waals surface area contributed by atoms with Crippen LogP contribution >= 0.6 is 11.8 Å². The quantitative estimate of drug-likeness (QED) is 0.597. The maximum absolute atomic E-state index is 4.31. The van der Waals surface area contributed by atoms with Gasteiger partial charge in [-0.25, -0.2) is 0 Å². The van der Waals surface area contributed by atoms with Crippen molar-refractivity contribution in [1.29, 1.82) is 0 Å². The van der Waals surface area contributed by atoms with Crippen molar-refractivity contribution in [3.05, 3.63) is 0 Å². The first-order valence-corrected chi connectivity index (χ1v) is 8.04. The van der Waals surface area contributed by atoms with E-state index >= 15 is 0 Å². The van der Waals surface area contributed by atoms with Gasteiger partial charge in [0.2, 0.25) is 0 Å². The van der Waals surface area contributed by atoms with Crippen LogP contribution in [0.15, 0.2) is 4.99 Å². The molecule has 4 nitrogen and oxygen atoms in total. The number of thioether (sulfide) groups is 1. The van der Waals surface area contributed by atoms with Crippen molar-refractivity contribution in [3.63, 3.8) is 0 Å². The van der Waals surface area contributed by atoms with Gasteiger partial charge in [-0.1, -0.05) is 0 Å². The number of hydrogen-bond acceptors (Lipinski definition) is 3. The summed E-state index contributed by atoms with van der Waals surface area (Å²) in [4.78, 5) is 6.53. The zero-order chi connectivity index (χ0) is 14.5. The minimum atomic E-state index is 0.115. The lowest BCUT2D eigenvalue weighted by Gasteiger charge is -2.33. The molecule has 1 saturated heterocycles. The lowest BCUT2D eigenvalue weighted by atomic mass is 10.0. The van der Waals surface area contributed by atoms with E-state index in [0.717, 1.165) is 19.0 Å². The van der Waals surface area contributed by atoms with Crippen molar-refractivity contribution < 1.29 is 0 Å². The van der Waals surface area contributed by atoms with Crippen molar-refractivity contribution in [2.24, 2.45) is 4.99 Å². The van der Waals surface area contributed by atoms with Crippen molar-refractivity contribution in [2.75, 3.05) is 40.0 Å². The fourth-order valence-corrected chi connectivity index (χ4v) is 3.17. The smallest absolute Gasteiger partial charge is 0.191 e. The van der Waals surface area contributed by atoms with Crippen LogP contribution in [0.5, 0.6) is 0 Å². The molecule has 1 aliphatic rings. The van der Waals surface area contributed by atoms with Crippen molar-refractivity contribution in [1.82, 2.24) is 15.5 Å². The van der Waals surface area contributed by atoms with Gasteiger partial charge in [-0.15, -0.1) is 0 Å². The van der Waals surface area contributed by atoms with Crippen LogP contribution in [-0.4, -0.2) is 61.1 Å². The third-order valence-electron chi connectivity index (χ3n) is 4.05. The van der Waals surface area contributed by atoms with Crippen LogP contribution in [0.2, 0.25) is 0 Å². The number of aliphatic imine (C=N–C) groups is 1. The van der Waals surface area contributed by atoms with Gasteiger partial charge in [0, 0.05) is 30.4 Å². The normalized spacial score (nSPS) is 24.9. The molecule has 112 valence electrons. The van der Waals surface area contributed by atoms with Gasteiger partial charge < -0.3 is 15.5 Å².